The molecule has 2 aliphatic rings. The zero-order valence-corrected chi connectivity index (χ0v) is 29.7. The topological polar surface area (TPSA) is 188 Å². The van der Waals surface area contributed by atoms with Crippen molar-refractivity contribution in [2.24, 2.45) is 5.73 Å². The number of rotatable bonds is 10. The Bertz CT molecular complexity index is 1450. The minimum atomic E-state index is -1.19. The summed E-state index contributed by atoms with van der Waals surface area (Å²) in [6, 6.07) is 0.956. The minimum absolute atomic E-state index is 0.149. The molecule has 1 unspecified atom stereocenters. The van der Waals surface area contributed by atoms with Gasteiger partial charge in [-0.05, 0) is 82.2 Å². The zero-order valence-electron chi connectivity index (χ0n) is 29.7. The summed E-state index contributed by atoms with van der Waals surface area (Å²) in [7, 11) is 5.84. The molecule has 0 saturated carbocycles. The first-order valence-electron chi connectivity index (χ1n) is 16.4. The van der Waals surface area contributed by atoms with Gasteiger partial charge in [0.2, 0.25) is 17.7 Å². The highest BCUT2D eigenvalue weighted by molar-refractivity contribution is 5.95. The Labute approximate surface area is 288 Å². The highest BCUT2D eigenvalue weighted by atomic mass is 16.6. The van der Waals surface area contributed by atoms with Gasteiger partial charge in [0.05, 0.1) is 26.4 Å². The normalized spacial score (nSPS) is 21.8. The molecular formula is C35H51N5O9. The maximum Gasteiger partial charge on any atom is 0.407 e. The van der Waals surface area contributed by atoms with Crippen molar-refractivity contribution in [1.29, 1.82) is 0 Å². The molecule has 0 saturated heterocycles. The number of likely N-dealkylation sites (N-methyl/N-ethyl adjacent to an activating group) is 1. The van der Waals surface area contributed by atoms with Crippen molar-refractivity contribution in [2.75, 3.05) is 34.9 Å². The number of alkyl carbamates (subject to hydrolysis) is 1. The minimum Gasteiger partial charge on any atom is -0.496 e. The lowest BCUT2D eigenvalue weighted by Gasteiger charge is -2.32. The Morgan fingerprint density at radius 2 is 1.80 bits per heavy atom. The molecule has 4 bridgehead atoms. The molecule has 49 heavy (non-hydrogen) atoms. The number of fused-ring (bicyclic) bond motifs is 4. The molecule has 5 atom stereocenters. The van der Waals surface area contributed by atoms with Crippen molar-refractivity contribution in [1.82, 2.24) is 20.9 Å². The second-order valence-corrected chi connectivity index (χ2v) is 13.2. The highest BCUT2D eigenvalue weighted by Crippen LogP contribution is 2.38. The van der Waals surface area contributed by atoms with Crippen molar-refractivity contribution in [3.63, 3.8) is 0 Å². The number of carbonyl (C=O) groups is 5. The summed E-state index contributed by atoms with van der Waals surface area (Å²) in [5.74, 6) is -1.84. The summed E-state index contributed by atoms with van der Waals surface area (Å²) in [4.78, 5) is 66.9. The quantitative estimate of drug-likeness (QED) is 0.211. The fraction of sp³-hybridized carbons (Fsp3) is 0.571. The van der Waals surface area contributed by atoms with E-state index in [4.69, 9.17) is 24.7 Å². The van der Waals surface area contributed by atoms with Crippen LogP contribution in [0.3, 0.4) is 0 Å². The van der Waals surface area contributed by atoms with Gasteiger partial charge in [0.1, 0.15) is 29.5 Å². The summed E-state index contributed by atoms with van der Waals surface area (Å²) in [5.41, 5.74) is 8.35. The van der Waals surface area contributed by atoms with Gasteiger partial charge < -0.3 is 45.5 Å². The standard InChI is InChI=1S/C35H51N5O9/c1-20-30(41)39-26(33(44)48-8)18-21-12-14-27(46-6)23(17-21)24-19-22(13-15-28(24)47-7)29(31(42)38-20)40(5)32(43)25(36)11-9-10-16-37-34(45)49-35(2,3)4/h12-13,15,17,19-20,25-27,29H,9-11,14,16,18,36H2,1-8H3,(H,37,45)(H,38,42)(H,39,41)/t20-,25-,26-,27?,29-/m0/s1. The van der Waals surface area contributed by atoms with E-state index < -0.39 is 59.6 Å². The Kier molecular flexibility index (Phi) is 13.8. The molecule has 3 rings (SSSR count). The van der Waals surface area contributed by atoms with Crippen molar-refractivity contribution in [3.8, 4) is 5.75 Å². The molecule has 1 aromatic rings. The Morgan fingerprint density at radius 3 is 2.43 bits per heavy atom. The van der Waals surface area contributed by atoms with Crippen LogP contribution in [-0.4, -0.2) is 99.4 Å². The van der Waals surface area contributed by atoms with Gasteiger partial charge in [0.25, 0.3) is 0 Å². The molecule has 14 nitrogen and oxygen atoms in total. The van der Waals surface area contributed by atoms with Crippen molar-refractivity contribution >= 4 is 35.4 Å². The summed E-state index contributed by atoms with van der Waals surface area (Å²) in [6.45, 7) is 7.16. The van der Waals surface area contributed by atoms with Gasteiger partial charge in [-0.2, -0.15) is 0 Å². The van der Waals surface area contributed by atoms with Crippen LogP contribution < -0.4 is 26.4 Å². The average molecular weight is 686 g/mol. The van der Waals surface area contributed by atoms with Crippen molar-refractivity contribution in [2.45, 2.75) is 95.7 Å². The number of nitrogens with two attached hydrogens (primary N) is 1. The van der Waals surface area contributed by atoms with E-state index in [1.165, 1.54) is 33.1 Å². The number of unbranched alkanes of at least 4 members (excludes halogenated alkanes) is 1. The molecule has 1 heterocycles. The number of nitrogens with zero attached hydrogens (tertiary/aromatic N) is 1. The lowest BCUT2D eigenvalue weighted by atomic mass is 9.86. The van der Waals surface area contributed by atoms with Gasteiger partial charge in [-0.25, -0.2) is 9.59 Å². The molecule has 1 aromatic carbocycles. The van der Waals surface area contributed by atoms with Gasteiger partial charge in [-0.15, -0.1) is 0 Å². The molecule has 0 radical (unpaired) electrons. The number of hydrogen-bond acceptors (Lipinski definition) is 10. The largest absolute Gasteiger partial charge is 0.496 e. The second-order valence-electron chi connectivity index (χ2n) is 13.2. The van der Waals surface area contributed by atoms with E-state index in [0.717, 1.165) is 11.1 Å². The smallest absolute Gasteiger partial charge is 0.407 e. The van der Waals surface area contributed by atoms with Crippen molar-refractivity contribution < 1.29 is 42.9 Å². The van der Waals surface area contributed by atoms with Crippen LogP contribution >= 0.6 is 0 Å². The van der Waals surface area contributed by atoms with Crippen LogP contribution in [-0.2, 0) is 33.4 Å². The molecule has 4 amide bonds. The molecule has 1 aliphatic carbocycles. The molecule has 270 valence electrons. The Balaban J connectivity index is 1.95. The van der Waals surface area contributed by atoms with Crippen LogP contribution in [0.2, 0.25) is 0 Å². The number of carbonyl (C=O) groups excluding carboxylic acids is 5. The zero-order chi connectivity index (χ0) is 36.5. The lowest BCUT2D eigenvalue weighted by molar-refractivity contribution is -0.145. The van der Waals surface area contributed by atoms with Crippen LogP contribution in [0.4, 0.5) is 4.79 Å². The van der Waals surface area contributed by atoms with Crippen LogP contribution in [0.5, 0.6) is 5.75 Å². The van der Waals surface area contributed by atoms with E-state index in [9.17, 15) is 24.0 Å². The molecule has 1 aliphatic heterocycles. The van der Waals surface area contributed by atoms with Gasteiger partial charge in [-0.1, -0.05) is 18.2 Å². The van der Waals surface area contributed by atoms with Crippen LogP contribution in [0.1, 0.15) is 77.0 Å². The van der Waals surface area contributed by atoms with E-state index in [-0.39, 0.29) is 12.5 Å². The van der Waals surface area contributed by atoms with Gasteiger partial charge in [0, 0.05) is 32.7 Å². The van der Waals surface area contributed by atoms with E-state index >= 15 is 0 Å². The van der Waals surface area contributed by atoms with Crippen LogP contribution in [0.15, 0.2) is 35.9 Å². The first kappa shape index (κ1) is 39.0. The van der Waals surface area contributed by atoms with Crippen LogP contribution in [0.25, 0.3) is 5.57 Å². The van der Waals surface area contributed by atoms with Gasteiger partial charge >= 0.3 is 12.1 Å². The number of allylic oxidation sites excluding steroid dienone is 1. The number of hydrogen-bond donors (Lipinski definition) is 4. The van der Waals surface area contributed by atoms with Crippen molar-refractivity contribution in [3.05, 3.63) is 47.1 Å². The average Bonchev–Trinajstić information content (AvgIpc) is 3.05. The SMILES string of the molecule is COC(=O)[C@@H]1CC2=CCC(OC)C(=C2)c2cc(ccc2OC)[C@H](N(C)C(=O)[C@@H](N)CCCCNC(=O)OC(C)(C)C)C(=O)N[C@@H](C)C(=O)N1. The summed E-state index contributed by atoms with van der Waals surface area (Å²) in [6.07, 6.45) is 4.93. The number of ether oxygens (including phenoxy) is 4. The first-order valence-corrected chi connectivity index (χ1v) is 16.4. The third-order valence-electron chi connectivity index (χ3n) is 8.32. The lowest BCUT2D eigenvalue weighted by Crippen LogP contribution is -2.54. The van der Waals surface area contributed by atoms with Gasteiger partial charge in [-0.3, -0.25) is 14.4 Å². The molecule has 14 heteroatoms. The number of nitrogens with one attached hydrogen (secondary N) is 3. The monoisotopic (exact) mass is 685 g/mol. The number of amides is 4. The maximum absolute atomic E-state index is 14.0. The van der Waals surface area contributed by atoms with Crippen LogP contribution in [0, 0.1) is 0 Å². The molecule has 0 spiro atoms. The fourth-order valence-corrected chi connectivity index (χ4v) is 5.76. The summed E-state index contributed by atoms with van der Waals surface area (Å²) < 4.78 is 21.7. The second kappa shape index (κ2) is 17.3. The van der Waals surface area contributed by atoms with E-state index in [0.29, 0.717) is 49.1 Å². The predicted octanol–water partition coefficient (Wildman–Crippen LogP) is 2.51. The van der Waals surface area contributed by atoms with E-state index in [2.05, 4.69) is 16.0 Å². The Hall–Kier alpha value is -4.43. The Morgan fingerprint density at radius 1 is 1.08 bits per heavy atom. The maximum atomic E-state index is 14.0. The fourth-order valence-electron chi connectivity index (χ4n) is 5.76. The molecule has 0 aromatic heterocycles. The van der Waals surface area contributed by atoms with E-state index in [1.54, 1.807) is 46.1 Å². The first-order chi connectivity index (χ1) is 23.1. The molecule has 0 fully saturated rings. The predicted molar refractivity (Wildman–Crippen MR) is 182 cm³/mol. The summed E-state index contributed by atoms with van der Waals surface area (Å²) in [5, 5.41) is 8.09. The molecule has 5 N–H and O–H groups in total. The number of methoxy groups -OCH3 is 3. The summed E-state index contributed by atoms with van der Waals surface area (Å²) >= 11 is 0. The third kappa shape index (κ3) is 10.5. The highest BCUT2D eigenvalue weighted by Gasteiger charge is 2.35. The van der Waals surface area contributed by atoms with E-state index in [1.807, 2.05) is 12.2 Å². The number of benzene rings is 1. The van der Waals surface area contributed by atoms with Gasteiger partial charge in [0.15, 0.2) is 0 Å². The molecular weight excluding hydrogens is 634 g/mol. The number of esters is 1. The third-order valence-corrected chi connectivity index (χ3v) is 8.32.